The molecule has 1 nitrogen and oxygen atoms in total. The molecule has 0 aliphatic heterocycles. The van der Waals surface area contributed by atoms with Gasteiger partial charge in [-0.05, 0) is 94.8 Å². The number of methoxy groups -OCH3 is 1. The minimum absolute atomic E-state index is 0.0996. The van der Waals surface area contributed by atoms with Crippen molar-refractivity contribution in [2.75, 3.05) is 7.11 Å². The largest absolute Gasteiger partial charge is 0.496 e. The molecule has 2 aromatic rings. The highest BCUT2D eigenvalue weighted by Gasteiger charge is 2.29. The highest BCUT2D eigenvalue weighted by Crippen LogP contribution is 2.42. The lowest BCUT2D eigenvalue weighted by atomic mass is 9.75. The van der Waals surface area contributed by atoms with Gasteiger partial charge in [0.2, 0.25) is 0 Å². The molecule has 0 saturated carbocycles. The first-order chi connectivity index (χ1) is 11.0. The summed E-state index contributed by atoms with van der Waals surface area (Å²) in [5.41, 5.74) is 3.84. The molecule has 130 valence electrons. The zero-order chi connectivity index (χ0) is 18.3. The average molecular weight is 566 g/mol. The molecule has 24 heavy (non-hydrogen) atoms. The first-order valence-corrected chi connectivity index (χ1v) is 10.5. The summed E-state index contributed by atoms with van der Waals surface area (Å²) in [6.45, 7) is 11.3. The van der Waals surface area contributed by atoms with Crippen LogP contribution in [0.1, 0.15) is 51.3 Å². The highest BCUT2D eigenvalue weighted by atomic mass is 127. The summed E-state index contributed by atoms with van der Waals surface area (Å²) in [6.07, 6.45) is 0. The summed E-state index contributed by atoms with van der Waals surface area (Å²) in [5.74, 6) is 0.916. The Morgan fingerprint density at radius 3 is 2.04 bits per heavy atom. The van der Waals surface area contributed by atoms with Crippen molar-refractivity contribution in [3.8, 4) is 5.75 Å². The normalized spacial score (nSPS) is 12.4. The van der Waals surface area contributed by atoms with Crippen LogP contribution in [0.4, 0.5) is 0 Å². The number of benzene rings is 2. The van der Waals surface area contributed by atoms with Crippen LogP contribution in [0.3, 0.4) is 0 Å². The predicted octanol–water partition coefficient (Wildman–Crippen LogP) is 7.45. The van der Waals surface area contributed by atoms with Crippen molar-refractivity contribution in [1.29, 1.82) is 0 Å². The maximum atomic E-state index is 5.40. The molecule has 0 bridgehead atoms. The molecule has 0 aliphatic carbocycles. The van der Waals surface area contributed by atoms with Gasteiger partial charge in [0.15, 0.2) is 0 Å². The van der Waals surface area contributed by atoms with Crippen LogP contribution >= 0.6 is 54.5 Å². The number of hydrogen-bond donors (Lipinski definition) is 0. The van der Waals surface area contributed by atoms with Crippen molar-refractivity contribution in [2.45, 2.75) is 45.4 Å². The van der Waals surface area contributed by atoms with Gasteiger partial charge < -0.3 is 4.74 Å². The van der Waals surface area contributed by atoms with Gasteiger partial charge in [0, 0.05) is 14.4 Å². The smallest absolute Gasteiger partial charge is 0.132 e. The number of rotatable bonds is 3. The zero-order valence-corrected chi connectivity index (χ0v) is 20.3. The SMILES string of the molecule is COc1ccc(C(C)(C)c2cc(C(C)(C)C)cc(Br)c2Br)cc1I. The average Bonchev–Trinajstić information content (AvgIpc) is 2.48. The van der Waals surface area contributed by atoms with E-state index in [1.54, 1.807) is 7.11 Å². The van der Waals surface area contributed by atoms with Crippen molar-refractivity contribution in [1.82, 2.24) is 0 Å². The lowest BCUT2D eigenvalue weighted by Crippen LogP contribution is -2.22. The van der Waals surface area contributed by atoms with Gasteiger partial charge in [0.05, 0.1) is 10.7 Å². The molecule has 0 spiro atoms. The summed E-state index contributed by atoms with van der Waals surface area (Å²) >= 11 is 9.85. The fraction of sp³-hybridized carbons (Fsp3) is 0.400. The monoisotopic (exact) mass is 564 g/mol. The first kappa shape index (κ1) is 20.2. The van der Waals surface area contributed by atoms with Crippen LogP contribution in [-0.4, -0.2) is 7.11 Å². The van der Waals surface area contributed by atoms with Crippen LogP contribution < -0.4 is 4.74 Å². The lowest BCUT2D eigenvalue weighted by molar-refractivity contribution is 0.411. The quantitative estimate of drug-likeness (QED) is 0.351. The molecule has 4 heteroatoms. The van der Waals surface area contributed by atoms with Gasteiger partial charge in [0.1, 0.15) is 5.75 Å². The van der Waals surface area contributed by atoms with Crippen LogP contribution in [0, 0.1) is 3.57 Å². The Balaban J connectivity index is 2.64. The van der Waals surface area contributed by atoms with Crippen molar-refractivity contribution in [3.63, 3.8) is 0 Å². The summed E-state index contributed by atoms with van der Waals surface area (Å²) in [5, 5.41) is 0. The molecular weight excluding hydrogens is 543 g/mol. The van der Waals surface area contributed by atoms with E-state index < -0.39 is 0 Å². The van der Waals surface area contributed by atoms with Crippen molar-refractivity contribution >= 4 is 54.5 Å². The van der Waals surface area contributed by atoms with Gasteiger partial charge in [-0.25, -0.2) is 0 Å². The van der Waals surface area contributed by atoms with Gasteiger partial charge >= 0.3 is 0 Å². The molecule has 0 radical (unpaired) electrons. The molecule has 2 aromatic carbocycles. The maximum absolute atomic E-state index is 5.40. The van der Waals surface area contributed by atoms with E-state index in [-0.39, 0.29) is 10.8 Å². The van der Waals surface area contributed by atoms with E-state index in [1.165, 1.54) is 16.7 Å². The van der Waals surface area contributed by atoms with Gasteiger partial charge in [0.25, 0.3) is 0 Å². The summed E-state index contributed by atoms with van der Waals surface area (Å²) in [6, 6.07) is 11.0. The number of halogens is 3. The Hall–Kier alpha value is -0.0700. The summed E-state index contributed by atoms with van der Waals surface area (Å²) in [4.78, 5) is 0. The Labute approximate surface area is 176 Å². The van der Waals surface area contributed by atoms with Gasteiger partial charge in [-0.3, -0.25) is 0 Å². The van der Waals surface area contributed by atoms with Crippen molar-refractivity contribution in [2.24, 2.45) is 0 Å². The highest BCUT2D eigenvalue weighted by molar-refractivity contribution is 14.1. The second kappa shape index (κ2) is 7.28. The summed E-state index contributed by atoms with van der Waals surface area (Å²) in [7, 11) is 1.71. The summed E-state index contributed by atoms with van der Waals surface area (Å²) < 4.78 is 8.74. The second-order valence-electron chi connectivity index (χ2n) is 7.54. The van der Waals surface area contributed by atoms with Crippen LogP contribution in [0.2, 0.25) is 0 Å². The Morgan fingerprint density at radius 1 is 0.917 bits per heavy atom. The van der Waals surface area contributed by atoms with E-state index in [1.807, 2.05) is 0 Å². The molecule has 0 amide bonds. The molecule has 0 atom stereocenters. The third-order valence-electron chi connectivity index (χ3n) is 4.44. The van der Waals surface area contributed by atoms with E-state index in [9.17, 15) is 0 Å². The van der Waals surface area contributed by atoms with E-state index >= 15 is 0 Å². The van der Waals surface area contributed by atoms with Crippen LogP contribution in [0.5, 0.6) is 5.75 Å². The van der Waals surface area contributed by atoms with E-state index in [4.69, 9.17) is 4.74 Å². The molecular formula is C20H23Br2IO. The van der Waals surface area contributed by atoms with E-state index in [0.29, 0.717) is 0 Å². The molecule has 0 heterocycles. The van der Waals surface area contributed by atoms with Crippen LogP contribution in [0.15, 0.2) is 39.3 Å². The number of hydrogen-bond acceptors (Lipinski definition) is 1. The molecule has 0 aliphatic rings. The van der Waals surface area contributed by atoms with E-state index in [2.05, 4.69) is 119 Å². The zero-order valence-electron chi connectivity index (χ0n) is 14.9. The molecule has 0 unspecified atom stereocenters. The molecule has 0 saturated heterocycles. The Bertz CT molecular complexity index is 761. The lowest BCUT2D eigenvalue weighted by Gasteiger charge is -2.31. The maximum Gasteiger partial charge on any atom is 0.132 e. The standard InChI is InChI=1S/C20H23Br2IO/c1-19(2,3)13-9-14(18(22)15(21)10-13)20(4,5)12-7-8-17(24-6)16(23)11-12/h7-11H,1-6H3. The Kier molecular flexibility index (Phi) is 6.14. The fourth-order valence-corrected chi connectivity index (χ4v) is 4.61. The molecule has 0 fully saturated rings. The minimum atomic E-state index is -0.130. The third-order valence-corrected chi connectivity index (χ3v) is 7.30. The third kappa shape index (κ3) is 4.01. The van der Waals surface area contributed by atoms with Gasteiger partial charge in [-0.1, -0.05) is 46.8 Å². The van der Waals surface area contributed by atoms with Crippen LogP contribution in [-0.2, 0) is 10.8 Å². The molecule has 0 N–H and O–H groups in total. The van der Waals surface area contributed by atoms with Crippen molar-refractivity contribution in [3.05, 3.63) is 59.5 Å². The predicted molar refractivity (Wildman–Crippen MR) is 118 cm³/mol. The van der Waals surface area contributed by atoms with E-state index in [0.717, 1.165) is 18.3 Å². The van der Waals surface area contributed by atoms with Gasteiger partial charge in [-0.2, -0.15) is 0 Å². The van der Waals surface area contributed by atoms with Gasteiger partial charge in [-0.15, -0.1) is 0 Å². The topological polar surface area (TPSA) is 9.23 Å². The minimum Gasteiger partial charge on any atom is -0.496 e. The van der Waals surface area contributed by atoms with Crippen LogP contribution in [0.25, 0.3) is 0 Å². The molecule has 2 rings (SSSR count). The Morgan fingerprint density at radius 2 is 1.54 bits per heavy atom. The fourth-order valence-electron chi connectivity index (χ4n) is 2.69. The number of ether oxygens (including phenoxy) is 1. The van der Waals surface area contributed by atoms with Crippen molar-refractivity contribution < 1.29 is 4.74 Å². The second-order valence-corrected chi connectivity index (χ2v) is 10.4. The molecule has 0 aromatic heterocycles. The first-order valence-electron chi connectivity index (χ1n) is 7.82.